The van der Waals surface area contributed by atoms with Gasteiger partial charge in [0.2, 0.25) is 0 Å². The highest BCUT2D eigenvalue weighted by atomic mass is 14.1. The fourth-order valence-electron chi connectivity index (χ4n) is 1.60. The van der Waals surface area contributed by atoms with Crippen molar-refractivity contribution in [3.05, 3.63) is 11.6 Å². The van der Waals surface area contributed by atoms with Gasteiger partial charge in [0.05, 0.1) is 0 Å². The second-order valence-corrected chi connectivity index (χ2v) is 5.21. The van der Waals surface area contributed by atoms with Crippen molar-refractivity contribution in [2.24, 2.45) is 11.8 Å². The molecule has 2 unspecified atom stereocenters. The standard InChI is InChI=1S/C15H30/c1-6-13(3)9-8-10-15(5)12-11-14(4)7-2/h12-14H,6-11H2,1-5H3. The van der Waals surface area contributed by atoms with E-state index >= 15 is 0 Å². The van der Waals surface area contributed by atoms with Crippen molar-refractivity contribution in [2.45, 2.75) is 73.1 Å². The summed E-state index contributed by atoms with van der Waals surface area (Å²) in [5.74, 6) is 1.77. The predicted molar refractivity (Wildman–Crippen MR) is 71.1 cm³/mol. The predicted octanol–water partition coefficient (Wildman–Crippen LogP) is 5.59. The van der Waals surface area contributed by atoms with E-state index in [9.17, 15) is 0 Å². The van der Waals surface area contributed by atoms with Crippen molar-refractivity contribution in [2.75, 3.05) is 0 Å². The van der Waals surface area contributed by atoms with Crippen molar-refractivity contribution in [3.8, 4) is 0 Å². The summed E-state index contributed by atoms with van der Waals surface area (Å²) in [5, 5.41) is 0. The molecular formula is C15H30. The summed E-state index contributed by atoms with van der Waals surface area (Å²) in [6, 6.07) is 0. The molecule has 0 aliphatic rings. The average molecular weight is 210 g/mol. The zero-order chi connectivity index (χ0) is 11.7. The van der Waals surface area contributed by atoms with Crippen LogP contribution in [0.1, 0.15) is 73.1 Å². The molecule has 0 saturated heterocycles. The van der Waals surface area contributed by atoms with Gasteiger partial charge in [-0.3, -0.25) is 0 Å². The molecule has 0 spiro atoms. The van der Waals surface area contributed by atoms with Gasteiger partial charge in [-0.1, -0.05) is 58.6 Å². The molecule has 15 heavy (non-hydrogen) atoms. The van der Waals surface area contributed by atoms with Crippen molar-refractivity contribution in [1.29, 1.82) is 0 Å². The molecule has 90 valence electrons. The van der Waals surface area contributed by atoms with Gasteiger partial charge in [-0.25, -0.2) is 0 Å². The lowest BCUT2D eigenvalue weighted by molar-refractivity contribution is 0.494. The summed E-state index contributed by atoms with van der Waals surface area (Å²) in [4.78, 5) is 0. The molecule has 2 atom stereocenters. The molecule has 0 fully saturated rings. The van der Waals surface area contributed by atoms with Gasteiger partial charge in [-0.05, 0) is 38.0 Å². The third kappa shape index (κ3) is 8.72. The lowest BCUT2D eigenvalue weighted by Crippen LogP contribution is -1.93. The van der Waals surface area contributed by atoms with Crippen LogP contribution < -0.4 is 0 Å². The Kier molecular flexibility index (Phi) is 8.85. The van der Waals surface area contributed by atoms with Gasteiger partial charge < -0.3 is 0 Å². The highest BCUT2D eigenvalue weighted by molar-refractivity contribution is 4.98. The molecule has 0 saturated carbocycles. The van der Waals surface area contributed by atoms with Crippen LogP contribution in [0.2, 0.25) is 0 Å². The normalized spacial score (nSPS) is 16.5. The second kappa shape index (κ2) is 9.00. The Morgan fingerprint density at radius 1 is 1.07 bits per heavy atom. The molecular weight excluding hydrogens is 180 g/mol. The first-order chi connectivity index (χ1) is 7.10. The first-order valence-corrected chi connectivity index (χ1v) is 6.75. The van der Waals surface area contributed by atoms with E-state index in [-0.39, 0.29) is 0 Å². The van der Waals surface area contributed by atoms with Crippen LogP contribution in [0.3, 0.4) is 0 Å². The molecule has 0 aliphatic carbocycles. The Labute approximate surface area is 97.2 Å². The summed E-state index contributed by atoms with van der Waals surface area (Å²) >= 11 is 0. The Morgan fingerprint density at radius 2 is 1.67 bits per heavy atom. The first kappa shape index (κ1) is 14.7. The molecule has 0 nitrogen and oxygen atoms in total. The quantitative estimate of drug-likeness (QED) is 0.458. The van der Waals surface area contributed by atoms with Crippen LogP contribution in [-0.2, 0) is 0 Å². The van der Waals surface area contributed by atoms with Crippen molar-refractivity contribution in [3.63, 3.8) is 0 Å². The summed E-state index contributed by atoms with van der Waals surface area (Å²) < 4.78 is 0. The van der Waals surface area contributed by atoms with Crippen molar-refractivity contribution >= 4 is 0 Å². The molecule has 0 heterocycles. The number of rotatable bonds is 8. The van der Waals surface area contributed by atoms with Gasteiger partial charge in [-0.2, -0.15) is 0 Å². The van der Waals surface area contributed by atoms with E-state index in [0.29, 0.717) is 0 Å². The Morgan fingerprint density at radius 3 is 2.20 bits per heavy atom. The molecule has 0 aromatic heterocycles. The summed E-state index contributed by atoms with van der Waals surface area (Å²) in [5.41, 5.74) is 1.60. The smallest absolute Gasteiger partial charge is 0.0322 e. The van der Waals surface area contributed by atoms with E-state index < -0.39 is 0 Å². The maximum Gasteiger partial charge on any atom is -0.0322 e. The van der Waals surface area contributed by atoms with Crippen molar-refractivity contribution in [1.82, 2.24) is 0 Å². The Hall–Kier alpha value is -0.260. The van der Waals surface area contributed by atoms with Gasteiger partial charge in [-0.15, -0.1) is 0 Å². The van der Waals surface area contributed by atoms with Crippen LogP contribution in [0.25, 0.3) is 0 Å². The van der Waals surface area contributed by atoms with E-state index in [1.165, 1.54) is 38.5 Å². The van der Waals surface area contributed by atoms with Crippen LogP contribution in [-0.4, -0.2) is 0 Å². The van der Waals surface area contributed by atoms with Gasteiger partial charge in [0.25, 0.3) is 0 Å². The minimum Gasteiger partial charge on any atom is -0.0853 e. The van der Waals surface area contributed by atoms with Crippen LogP contribution in [0.15, 0.2) is 11.6 Å². The topological polar surface area (TPSA) is 0 Å². The Bertz CT molecular complexity index is 167. The van der Waals surface area contributed by atoms with Gasteiger partial charge in [0, 0.05) is 0 Å². The number of allylic oxidation sites excluding steroid dienone is 2. The fourth-order valence-corrected chi connectivity index (χ4v) is 1.60. The average Bonchev–Trinajstić information content (AvgIpc) is 2.25. The lowest BCUT2D eigenvalue weighted by Gasteiger charge is -2.09. The molecule has 0 radical (unpaired) electrons. The fraction of sp³-hybridized carbons (Fsp3) is 0.867. The van der Waals surface area contributed by atoms with Crippen molar-refractivity contribution < 1.29 is 0 Å². The SMILES string of the molecule is CCC(C)CC=C(C)CCCC(C)CC. The zero-order valence-corrected chi connectivity index (χ0v) is 11.5. The van der Waals surface area contributed by atoms with Crippen LogP contribution in [0.4, 0.5) is 0 Å². The molecule has 0 aliphatic heterocycles. The van der Waals surface area contributed by atoms with Crippen LogP contribution >= 0.6 is 0 Å². The van der Waals surface area contributed by atoms with Crippen LogP contribution in [0.5, 0.6) is 0 Å². The van der Waals surface area contributed by atoms with Gasteiger partial charge in [0.1, 0.15) is 0 Å². The van der Waals surface area contributed by atoms with E-state index in [1.807, 2.05) is 0 Å². The molecule has 0 aromatic rings. The van der Waals surface area contributed by atoms with E-state index in [4.69, 9.17) is 0 Å². The minimum atomic E-state index is 0.856. The van der Waals surface area contributed by atoms with E-state index in [0.717, 1.165) is 11.8 Å². The van der Waals surface area contributed by atoms with E-state index in [2.05, 4.69) is 40.7 Å². The maximum atomic E-state index is 2.45. The van der Waals surface area contributed by atoms with E-state index in [1.54, 1.807) is 5.57 Å². The number of hydrogen-bond donors (Lipinski definition) is 0. The molecule has 0 aromatic carbocycles. The Balaban J connectivity index is 3.59. The maximum absolute atomic E-state index is 2.45. The third-order valence-corrected chi connectivity index (χ3v) is 3.53. The van der Waals surface area contributed by atoms with Crippen LogP contribution in [0, 0.1) is 11.8 Å². The third-order valence-electron chi connectivity index (χ3n) is 3.53. The van der Waals surface area contributed by atoms with Gasteiger partial charge in [0.15, 0.2) is 0 Å². The summed E-state index contributed by atoms with van der Waals surface area (Å²) in [6.07, 6.45) is 10.4. The molecule has 0 heteroatoms. The summed E-state index contributed by atoms with van der Waals surface area (Å²) in [6.45, 7) is 11.5. The first-order valence-electron chi connectivity index (χ1n) is 6.75. The molecule has 0 bridgehead atoms. The highest BCUT2D eigenvalue weighted by Gasteiger charge is 1.99. The highest BCUT2D eigenvalue weighted by Crippen LogP contribution is 2.16. The van der Waals surface area contributed by atoms with Gasteiger partial charge >= 0.3 is 0 Å². The largest absolute Gasteiger partial charge is 0.0853 e. The lowest BCUT2D eigenvalue weighted by atomic mass is 9.98. The summed E-state index contributed by atoms with van der Waals surface area (Å²) in [7, 11) is 0. The minimum absolute atomic E-state index is 0.856. The monoisotopic (exact) mass is 210 g/mol. The molecule has 0 amide bonds. The second-order valence-electron chi connectivity index (χ2n) is 5.21. The molecule has 0 N–H and O–H groups in total. The number of hydrogen-bond acceptors (Lipinski definition) is 0. The molecule has 0 rings (SSSR count). The zero-order valence-electron chi connectivity index (χ0n) is 11.5.